The summed E-state index contributed by atoms with van der Waals surface area (Å²) in [5.74, 6) is -0.424. The number of hydrogen-bond acceptors (Lipinski definition) is 5. The summed E-state index contributed by atoms with van der Waals surface area (Å²) in [6.45, 7) is 0.694. The van der Waals surface area contributed by atoms with Gasteiger partial charge in [-0.05, 0) is 18.2 Å². The fourth-order valence-electron chi connectivity index (χ4n) is 2.51. The highest BCUT2D eigenvalue weighted by Crippen LogP contribution is 2.08. The third kappa shape index (κ3) is 2.56. The lowest BCUT2D eigenvalue weighted by molar-refractivity contribution is 0.0935. The number of aryl methyl sites for hydroxylation is 1. The molecule has 0 aromatic carbocycles. The lowest BCUT2D eigenvalue weighted by atomic mass is 10.2. The molecule has 0 unspecified atom stereocenters. The molecule has 3 heterocycles. The van der Waals surface area contributed by atoms with Crippen molar-refractivity contribution in [1.82, 2.24) is 19.3 Å². The first kappa shape index (κ1) is 15.9. The summed E-state index contributed by atoms with van der Waals surface area (Å²) in [6.07, 6.45) is 1.62. The zero-order valence-corrected chi connectivity index (χ0v) is 13.4. The van der Waals surface area contributed by atoms with E-state index in [4.69, 9.17) is 10.1 Å². The van der Waals surface area contributed by atoms with Gasteiger partial charge in [0.25, 0.3) is 11.5 Å². The molecule has 24 heavy (non-hydrogen) atoms. The predicted octanol–water partition coefficient (Wildman–Crippen LogP) is 0.0419. The molecule has 3 rings (SSSR count). The van der Waals surface area contributed by atoms with Crippen LogP contribution < -0.4 is 16.4 Å². The zero-order chi connectivity index (χ0) is 17.3. The highest BCUT2D eigenvalue weighted by molar-refractivity contribution is 5.96. The molecule has 0 radical (unpaired) electrons. The van der Waals surface area contributed by atoms with E-state index in [1.165, 1.54) is 22.1 Å². The van der Waals surface area contributed by atoms with Crippen LogP contribution in [-0.2, 0) is 11.8 Å². The van der Waals surface area contributed by atoms with E-state index in [0.717, 1.165) is 0 Å². The highest BCUT2D eigenvalue weighted by Gasteiger charge is 2.15. The number of carbonyl (C=O) groups is 1. The SMILES string of the molecule is COCCNC(=O)c1cc2c(=O)n3ccccc3nc2n(C)c1=N. The van der Waals surface area contributed by atoms with Gasteiger partial charge in [-0.1, -0.05) is 6.07 Å². The average Bonchev–Trinajstić information content (AvgIpc) is 2.59. The van der Waals surface area contributed by atoms with Crippen LogP contribution in [0.2, 0.25) is 0 Å². The van der Waals surface area contributed by atoms with Crippen LogP contribution in [-0.4, -0.2) is 40.1 Å². The predicted molar refractivity (Wildman–Crippen MR) is 88.0 cm³/mol. The Hall–Kier alpha value is -3.00. The molecule has 2 N–H and O–H groups in total. The number of hydrogen-bond donors (Lipinski definition) is 2. The minimum atomic E-state index is -0.424. The Morgan fingerprint density at radius 3 is 2.96 bits per heavy atom. The van der Waals surface area contributed by atoms with E-state index in [0.29, 0.717) is 24.4 Å². The summed E-state index contributed by atoms with van der Waals surface area (Å²) in [6, 6.07) is 6.66. The summed E-state index contributed by atoms with van der Waals surface area (Å²) in [4.78, 5) is 29.4. The van der Waals surface area contributed by atoms with E-state index in [1.807, 2.05) is 0 Å². The first-order chi connectivity index (χ1) is 11.5. The van der Waals surface area contributed by atoms with Gasteiger partial charge in [-0.3, -0.25) is 19.4 Å². The molecule has 0 fully saturated rings. The third-order valence-corrected chi connectivity index (χ3v) is 3.78. The van der Waals surface area contributed by atoms with E-state index in [1.54, 1.807) is 31.4 Å². The number of rotatable bonds is 4. The van der Waals surface area contributed by atoms with Gasteiger partial charge in [0.15, 0.2) is 0 Å². The van der Waals surface area contributed by atoms with Gasteiger partial charge in [0, 0.05) is 26.9 Å². The number of fused-ring (bicyclic) bond motifs is 2. The number of amides is 1. The van der Waals surface area contributed by atoms with Gasteiger partial charge < -0.3 is 14.6 Å². The molecule has 0 aliphatic rings. The summed E-state index contributed by atoms with van der Waals surface area (Å²) in [5, 5.41) is 11.1. The highest BCUT2D eigenvalue weighted by atomic mass is 16.5. The third-order valence-electron chi connectivity index (χ3n) is 3.78. The van der Waals surface area contributed by atoms with Gasteiger partial charge in [0.05, 0.1) is 17.6 Å². The largest absolute Gasteiger partial charge is 0.383 e. The Morgan fingerprint density at radius 1 is 1.42 bits per heavy atom. The van der Waals surface area contributed by atoms with Crippen molar-refractivity contribution in [3.63, 3.8) is 0 Å². The van der Waals surface area contributed by atoms with Crippen molar-refractivity contribution in [3.05, 3.63) is 51.9 Å². The van der Waals surface area contributed by atoms with Crippen molar-refractivity contribution in [2.75, 3.05) is 20.3 Å². The van der Waals surface area contributed by atoms with Crippen LogP contribution in [0.3, 0.4) is 0 Å². The van der Waals surface area contributed by atoms with Crippen molar-refractivity contribution >= 4 is 22.6 Å². The number of pyridine rings is 2. The minimum absolute atomic E-state index is 0.00963. The van der Waals surface area contributed by atoms with Crippen LogP contribution in [0, 0.1) is 5.41 Å². The lowest BCUT2D eigenvalue weighted by Crippen LogP contribution is -2.35. The van der Waals surface area contributed by atoms with Crippen LogP contribution in [0.25, 0.3) is 16.7 Å². The number of methoxy groups -OCH3 is 1. The Labute approximate surface area is 136 Å². The van der Waals surface area contributed by atoms with Crippen LogP contribution in [0.1, 0.15) is 10.4 Å². The molecular weight excluding hydrogens is 310 g/mol. The van der Waals surface area contributed by atoms with Gasteiger partial charge in [-0.25, -0.2) is 4.98 Å². The maximum atomic E-state index is 12.7. The summed E-state index contributed by atoms with van der Waals surface area (Å²) in [5.41, 5.74) is 0.685. The molecule has 0 saturated heterocycles. The average molecular weight is 327 g/mol. The molecule has 8 heteroatoms. The monoisotopic (exact) mass is 327 g/mol. The van der Waals surface area contributed by atoms with Crippen LogP contribution >= 0.6 is 0 Å². The topological polar surface area (TPSA) is 101 Å². The fraction of sp³-hybridized carbons (Fsp3) is 0.250. The molecule has 124 valence electrons. The van der Waals surface area contributed by atoms with Crippen molar-refractivity contribution in [2.24, 2.45) is 7.05 Å². The van der Waals surface area contributed by atoms with Gasteiger partial charge in [-0.15, -0.1) is 0 Å². The lowest BCUT2D eigenvalue weighted by Gasteiger charge is -2.11. The fourth-order valence-corrected chi connectivity index (χ4v) is 2.51. The summed E-state index contributed by atoms with van der Waals surface area (Å²) in [7, 11) is 3.15. The van der Waals surface area contributed by atoms with Crippen molar-refractivity contribution in [3.8, 4) is 0 Å². The number of aromatic nitrogens is 3. The van der Waals surface area contributed by atoms with Gasteiger partial charge in [0.2, 0.25) is 0 Å². The maximum absolute atomic E-state index is 12.7. The Morgan fingerprint density at radius 2 is 2.21 bits per heavy atom. The first-order valence-electron chi connectivity index (χ1n) is 7.37. The molecule has 0 aliphatic carbocycles. The summed E-state index contributed by atoms with van der Waals surface area (Å²) < 4.78 is 7.74. The van der Waals surface area contributed by atoms with E-state index in [2.05, 4.69) is 10.3 Å². The van der Waals surface area contributed by atoms with Crippen molar-refractivity contribution < 1.29 is 9.53 Å². The number of carbonyl (C=O) groups excluding carboxylic acids is 1. The van der Waals surface area contributed by atoms with Crippen molar-refractivity contribution in [2.45, 2.75) is 0 Å². The molecule has 0 saturated carbocycles. The second-order valence-electron chi connectivity index (χ2n) is 5.30. The van der Waals surface area contributed by atoms with Gasteiger partial charge >= 0.3 is 0 Å². The van der Waals surface area contributed by atoms with Crippen LogP contribution in [0.5, 0.6) is 0 Å². The second kappa shape index (κ2) is 6.25. The van der Waals surface area contributed by atoms with E-state index in [-0.39, 0.29) is 22.0 Å². The van der Waals surface area contributed by atoms with E-state index >= 15 is 0 Å². The zero-order valence-electron chi connectivity index (χ0n) is 13.4. The molecule has 0 atom stereocenters. The van der Waals surface area contributed by atoms with E-state index in [9.17, 15) is 9.59 Å². The molecule has 0 aliphatic heterocycles. The normalized spacial score (nSPS) is 11.1. The summed E-state index contributed by atoms with van der Waals surface area (Å²) >= 11 is 0. The Balaban J connectivity index is 2.23. The molecule has 0 spiro atoms. The minimum Gasteiger partial charge on any atom is -0.383 e. The molecule has 1 amide bonds. The van der Waals surface area contributed by atoms with Crippen LogP contribution in [0.4, 0.5) is 0 Å². The quantitative estimate of drug-likeness (QED) is 0.522. The van der Waals surface area contributed by atoms with Crippen LogP contribution in [0.15, 0.2) is 35.3 Å². The molecule has 3 aromatic rings. The standard InChI is InChI=1S/C16H17N5O3/c1-20-13(17)10(15(22)18-6-8-24-2)9-11-14(20)19-12-5-3-4-7-21(12)16(11)23/h3-5,7,9,17H,6,8H2,1-2H3,(H,18,22). The Bertz CT molecular complexity index is 1050. The number of nitrogens with zero attached hydrogens (tertiary/aromatic N) is 3. The first-order valence-corrected chi connectivity index (χ1v) is 7.37. The van der Waals surface area contributed by atoms with E-state index < -0.39 is 5.91 Å². The second-order valence-corrected chi connectivity index (χ2v) is 5.30. The van der Waals surface area contributed by atoms with Gasteiger partial charge in [-0.2, -0.15) is 0 Å². The smallest absolute Gasteiger partial charge is 0.267 e. The maximum Gasteiger partial charge on any atom is 0.267 e. The van der Waals surface area contributed by atoms with Gasteiger partial charge in [0.1, 0.15) is 16.8 Å². The molecule has 8 nitrogen and oxygen atoms in total. The van der Waals surface area contributed by atoms with Crippen molar-refractivity contribution in [1.29, 1.82) is 5.41 Å². The number of nitrogens with one attached hydrogen (secondary N) is 2. The molecule has 0 bridgehead atoms. The molecular formula is C16H17N5O3. The Kier molecular flexibility index (Phi) is 4.13. The number of ether oxygens (including phenoxy) is 1. The molecule has 3 aromatic heterocycles.